The van der Waals surface area contributed by atoms with Crippen LogP contribution in [0.25, 0.3) is 0 Å². The summed E-state index contributed by atoms with van der Waals surface area (Å²) >= 11 is 3.44. The average molecular weight is 339 g/mol. The van der Waals surface area contributed by atoms with Crippen LogP contribution in [-0.2, 0) is 13.0 Å². The van der Waals surface area contributed by atoms with Crippen LogP contribution in [0.2, 0.25) is 0 Å². The van der Waals surface area contributed by atoms with E-state index in [1.807, 2.05) is 24.4 Å². The molecule has 0 aliphatic rings. The van der Waals surface area contributed by atoms with Gasteiger partial charge in [-0.25, -0.2) is 4.98 Å². The summed E-state index contributed by atoms with van der Waals surface area (Å²) in [6.07, 6.45) is 4.71. The van der Waals surface area contributed by atoms with Crippen molar-refractivity contribution in [2.75, 3.05) is 7.11 Å². The fourth-order valence-electron chi connectivity index (χ4n) is 2.16. The van der Waals surface area contributed by atoms with Gasteiger partial charge in [-0.15, -0.1) is 0 Å². The Morgan fingerprint density at radius 1 is 1.45 bits per heavy atom. The minimum atomic E-state index is -0.574. The van der Waals surface area contributed by atoms with Gasteiger partial charge in [0, 0.05) is 25.4 Å². The summed E-state index contributed by atoms with van der Waals surface area (Å²) < 4.78 is 8.12. The molecule has 0 spiro atoms. The number of halogens is 1. The quantitative estimate of drug-likeness (QED) is 0.878. The van der Waals surface area contributed by atoms with E-state index >= 15 is 0 Å². The molecule has 2 aromatic rings. The van der Waals surface area contributed by atoms with Gasteiger partial charge >= 0.3 is 0 Å². The molecule has 1 atom stereocenters. The van der Waals surface area contributed by atoms with Crippen LogP contribution in [0.15, 0.2) is 35.1 Å². The highest BCUT2D eigenvalue weighted by molar-refractivity contribution is 9.10. The average Bonchev–Trinajstić information content (AvgIpc) is 2.86. The van der Waals surface area contributed by atoms with E-state index in [0.717, 1.165) is 34.6 Å². The van der Waals surface area contributed by atoms with Crippen LogP contribution in [0.4, 0.5) is 0 Å². The summed E-state index contributed by atoms with van der Waals surface area (Å²) in [5, 5.41) is 10.4. The van der Waals surface area contributed by atoms with Crippen molar-refractivity contribution in [1.29, 1.82) is 0 Å². The fourth-order valence-corrected chi connectivity index (χ4v) is 2.71. The normalized spacial score (nSPS) is 12.4. The smallest absolute Gasteiger partial charge is 0.133 e. The summed E-state index contributed by atoms with van der Waals surface area (Å²) in [6.45, 7) is 3.05. The van der Waals surface area contributed by atoms with Gasteiger partial charge in [0.15, 0.2) is 0 Å². The van der Waals surface area contributed by atoms with E-state index < -0.39 is 6.10 Å². The largest absolute Gasteiger partial charge is 0.496 e. The molecule has 1 aromatic heterocycles. The zero-order chi connectivity index (χ0) is 14.5. The van der Waals surface area contributed by atoms with Crippen LogP contribution in [0, 0.1) is 0 Å². The van der Waals surface area contributed by atoms with Crippen molar-refractivity contribution in [2.24, 2.45) is 0 Å². The third-order valence-corrected chi connectivity index (χ3v) is 3.82. The van der Waals surface area contributed by atoms with Crippen LogP contribution in [0.3, 0.4) is 0 Å². The number of aromatic nitrogens is 2. The number of aryl methyl sites for hydroxylation is 1. The van der Waals surface area contributed by atoms with Gasteiger partial charge in [0.05, 0.1) is 17.7 Å². The van der Waals surface area contributed by atoms with Gasteiger partial charge in [-0.2, -0.15) is 0 Å². The van der Waals surface area contributed by atoms with Crippen LogP contribution in [-0.4, -0.2) is 21.8 Å². The first kappa shape index (κ1) is 15.1. The molecule has 1 unspecified atom stereocenters. The molecule has 108 valence electrons. The van der Waals surface area contributed by atoms with Crippen molar-refractivity contribution < 1.29 is 9.84 Å². The third kappa shape index (κ3) is 3.41. The van der Waals surface area contributed by atoms with Crippen molar-refractivity contribution in [3.63, 3.8) is 0 Å². The summed E-state index contributed by atoms with van der Waals surface area (Å²) in [5.74, 6) is 1.67. The van der Waals surface area contributed by atoms with Crippen molar-refractivity contribution in [2.45, 2.75) is 32.4 Å². The van der Waals surface area contributed by atoms with Crippen molar-refractivity contribution in [1.82, 2.24) is 9.55 Å². The first-order valence-corrected chi connectivity index (χ1v) is 7.46. The molecule has 0 radical (unpaired) electrons. The highest BCUT2D eigenvalue weighted by Crippen LogP contribution is 2.29. The number of rotatable bonds is 6. The minimum Gasteiger partial charge on any atom is -0.496 e. The maximum absolute atomic E-state index is 10.4. The number of hydrogen-bond donors (Lipinski definition) is 1. The molecule has 20 heavy (non-hydrogen) atoms. The Labute approximate surface area is 127 Å². The monoisotopic (exact) mass is 338 g/mol. The number of aliphatic hydroxyl groups excluding tert-OH is 1. The van der Waals surface area contributed by atoms with Crippen LogP contribution in [0.1, 0.15) is 30.8 Å². The fraction of sp³-hybridized carbons (Fsp3) is 0.400. The van der Waals surface area contributed by atoms with Gasteiger partial charge in [-0.05, 0) is 40.0 Å². The molecule has 4 nitrogen and oxygen atoms in total. The van der Waals surface area contributed by atoms with E-state index in [-0.39, 0.29) is 0 Å². The summed E-state index contributed by atoms with van der Waals surface area (Å²) in [7, 11) is 1.62. The summed E-state index contributed by atoms with van der Waals surface area (Å²) in [4.78, 5) is 4.32. The SMILES string of the molecule is CCCn1ccnc1CC(O)c1ccc(OC)c(Br)c1. The van der Waals surface area contributed by atoms with Crippen LogP contribution >= 0.6 is 15.9 Å². The van der Waals surface area contributed by atoms with Crippen LogP contribution in [0.5, 0.6) is 5.75 Å². The first-order chi connectivity index (χ1) is 9.65. The molecule has 0 aliphatic heterocycles. The lowest BCUT2D eigenvalue weighted by Gasteiger charge is -2.13. The molecule has 0 bridgehead atoms. The Bertz CT molecular complexity index is 569. The molecule has 1 aromatic carbocycles. The van der Waals surface area contributed by atoms with Crippen LogP contribution < -0.4 is 4.74 Å². The number of methoxy groups -OCH3 is 1. The Hall–Kier alpha value is -1.33. The van der Waals surface area contributed by atoms with Crippen molar-refractivity contribution >= 4 is 15.9 Å². The highest BCUT2D eigenvalue weighted by atomic mass is 79.9. The van der Waals surface area contributed by atoms with E-state index in [1.54, 1.807) is 13.3 Å². The second-order valence-electron chi connectivity index (χ2n) is 4.65. The number of aliphatic hydroxyl groups is 1. The Morgan fingerprint density at radius 2 is 2.25 bits per heavy atom. The predicted octanol–water partition coefficient (Wildman–Crippen LogP) is 3.34. The number of nitrogens with zero attached hydrogens (tertiary/aromatic N) is 2. The maximum Gasteiger partial charge on any atom is 0.133 e. The third-order valence-electron chi connectivity index (χ3n) is 3.20. The molecule has 1 heterocycles. The molecule has 0 saturated carbocycles. The predicted molar refractivity (Wildman–Crippen MR) is 81.9 cm³/mol. The lowest BCUT2D eigenvalue weighted by Crippen LogP contribution is -2.09. The molecule has 2 rings (SSSR count). The topological polar surface area (TPSA) is 47.3 Å². The Balaban J connectivity index is 2.13. The minimum absolute atomic E-state index is 0.506. The lowest BCUT2D eigenvalue weighted by atomic mass is 10.1. The van der Waals surface area contributed by atoms with E-state index in [9.17, 15) is 5.11 Å². The molecule has 0 amide bonds. The summed E-state index contributed by atoms with van der Waals surface area (Å²) in [5.41, 5.74) is 0.851. The first-order valence-electron chi connectivity index (χ1n) is 6.67. The van der Waals surface area contributed by atoms with E-state index in [0.29, 0.717) is 6.42 Å². The van der Waals surface area contributed by atoms with E-state index in [2.05, 4.69) is 32.4 Å². The van der Waals surface area contributed by atoms with Gasteiger partial charge in [0.25, 0.3) is 0 Å². The van der Waals surface area contributed by atoms with Gasteiger partial charge in [-0.1, -0.05) is 13.0 Å². The van der Waals surface area contributed by atoms with E-state index in [1.165, 1.54) is 0 Å². The second kappa shape index (κ2) is 6.90. The molecule has 1 N–H and O–H groups in total. The van der Waals surface area contributed by atoms with Gasteiger partial charge < -0.3 is 14.4 Å². The zero-order valence-corrected chi connectivity index (χ0v) is 13.3. The number of hydrogen-bond acceptors (Lipinski definition) is 3. The molecule has 0 fully saturated rings. The van der Waals surface area contributed by atoms with Gasteiger partial charge in [0.2, 0.25) is 0 Å². The van der Waals surface area contributed by atoms with Crippen molar-refractivity contribution in [3.05, 3.63) is 46.5 Å². The number of imidazole rings is 1. The van der Waals surface area contributed by atoms with E-state index in [4.69, 9.17) is 4.74 Å². The summed E-state index contributed by atoms with van der Waals surface area (Å²) in [6, 6.07) is 5.61. The molecular formula is C15H19BrN2O2. The molecule has 0 saturated heterocycles. The molecular weight excluding hydrogens is 320 g/mol. The Morgan fingerprint density at radius 3 is 2.90 bits per heavy atom. The standard InChI is InChI=1S/C15H19BrN2O2/c1-3-7-18-8-6-17-15(18)10-13(19)11-4-5-14(20-2)12(16)9-11/h4-6,8-9,13,19H,3,7,10H2,1-2H3. The Kier molecular flexibility index (Phi) is 5.20. The van der Waals surface area contributed by atoms with Crippen molar-refractivity contribution in [3.8, 4) is 5.75 Å². The maximum atomic E-state index is 10.4. The van der Waals surface area contributed by atoms with Gasteiger partial charge in [0.1, 0.15) is 11.6 Å². The molecule has 0 aliphatic carbocycles. The number of ether oxygens (including phenoxy) is 1. The second-order valence-corrected chi connectivity index (χ2v) is 5.51. The number of benzene rings is 1. The zero-order valence-electron chi connectivity index (χ0n) is 11.7. The van der Waals surface area contributed by atoms with Gasteiger partial charge in [-0.3, -0.25) is 0 Å². The highest BCUT2D eigenvalue weighted by Gasteiger charge is 2.14. The molecule has 5 heteroatoms. The lowest BCUT2D eigenvalue weighted by molar-refractivity contribution is 0.174.